The number of hydrogen-bond donors (Lipinski definition) is 1. The second kappa shape index (κ2) is 6.03. The standard InChI is InChI=1S/C11H16N4O/c1-3-4-15(5-6-16)11-13-9(2)7-10(8-12)14-11/h7,16H,3-6H2,1-2H3. The van der Waals surface area contributed by atoms with Crippen LogP contribution in [0.25, 0.3) is 0 Å². The molecule has 0 atom stereocenters. The predicted molar refractivity (Wildman–Crippen MR) is 61.1 cm³/mol. The summed E-state index contributed by atoms with van der Waals surface area (Å²) in [7, 11) is 0. The molecule has 0 saturated heterocycles. The van der Waals surface area contributed by atoms with Gasteiger partial charge in [-0.2, -0.15) is 5.26 Å². The first-order chi connectivity index (χ1) is 7.71. The predicted octanol–water partition coefficient (Wildman–Crippen LogP) is 0.865. The van der Waals surface area contributed by atoms with Crippen molar-refractivity contribution < 1.29 is 5.11 Å². The van der Waals surface area contributed by atoms with E-state index in [2.05, 4.69) is 9.97 Å². The average molecular weight is 220 g/mol. The van der Waals surface area contributed by atoms with E-state index in [1.807, 2.05) is 24.8 Å². The molecule has 0 amide bonds. The molecule has 0 spiro atoms. The summed E-state index contributed by atoms with van der Waals surface area (Å²) in [4.78, 5) is 10.3. The summed E-state index contributed by atoms with van der Waals surface area (Å²) < 4.78 is 0. The van der Waals surface area contributed by atoms with Gasteiger partial charge in [-0.1, -0.05) is 6.92 Å². The molecule has 0 radical (unpaired) electrons. The van der Waals surface area contributed by atoms with Gasteiger partial charge in [-0.25, -0.2) is 9.97 Å². The number of hydrogen-bond acceptors (Lipinski definition) is 5. The van der Waals surface area contributed by atoms with Crippen LogP contribution >= 0.6 is 0 Å². The summed E-state index contributed by atoms with van der Waals surface area (Å²) in [6, 6.07) is 3.65. The molecule has 0 unspecified atom stereocenters. The van der Waals surface area contributed by atoms with Crippen LogP contribution in [0.15, 0.2) is 6.07 Å². The van der Waals surface area contributed by atoms with Crippen molar-refractivity contribution in [1.29, 1.82) is 5.26 Å². The Balaban J connectivity index is 2.99. The number of rotatable bonds is 5. The normalized spacial score (nSPS) is 9.88. The van der Waals surface area contributed by atoms with E-state index in [9.17, 15) is 0 Å². The lowest BCUT2D eigenvalue weighted by Crippen LogP contribution is -2.29. The second-order valence-electron chi connectivity index (χ2n) is 3.52. The first-order valence-corrected chi connectivity index (χ1v) is 5.32. The average Bonchev–Trinajstić information content (AvgIpc) is 2.28. The van der Waals surface area contributed by atoms with E-state index in [0.717, 1.165) is 18.7 Å². The van der Waals surface area contributed by atoms with Gasteiger partial charge in [0.2, 0.25) is 5.95 Å². The Morgan fingerprint density at radius 1 is 1.44 bits per heavy atom. The van der Waals surface area contributed by atoms with Crippen LogP contribution in [0.5, 0.6) is 0 Å². The summed E-state index contributed by atoms with van der Waals surface area (Å²) in [5, 5.41) is 17.8. The molecule has 0 aliphatic rings. The van der Waals surface area contributed by atoms with Gasteiger partial charge in [0.1, 0.15) is 11.8 Å². The highest BCUT2D eigenvalue weighted by molar-refractivity contribution is 5.35. The van der Waals surface area contributed by atoms with E-state index >= 15 is 0 Å². The number of aliphatic hydroxyl groups excluding tert-OH is 1. The fourth-order valence-corrected chi connectivity index (χ4v) is 1.45. The first-order valence-electron chi connectivity index (χ1n) is 5.32. The topological polar surface area (TPSA) is 73.0 Å². The van der Waals surface area contributed by atoms with E-state index in [-0.39, 0.29) is 6.61 Å². The summed E-state index contributed by atoms with van der Waals surface area (Å²) in [5.74, 6) is 0.521. The zero-order chi connectivity index (χ0) is 12.0. The number of aromatic nitrogens is 2. The zero-order valence-electron chi connectivity index (χ0n) is 9.64. The van der Waals surface area contributed by atoms with E-state index in [1.165, 1.54) is 0 Å². The van der Waals surface area contributed by atoms with Crippen molar-refractivity contribution in [2.45, 2.75) is 20.3 Å². The highest BCUT2D eigenvalue weighted by Gasteiger charge is 2.09. The Labute approximate surface area is 95.4 Å². The van der Waals surface area contributed by atoms with Gasteiger partial charge in [-0.15, -0.1) is 0 Å². The molecule has 0 aliphatic heterocycles. The maximum absolute atomic E-state index is 8.96. The molecule has 1 aromatic rings. The van der Waals surface area contributed by atoms with Gasteiger partial charge in [-0.3, -0.25) is 0 Å². The van der Waals surface area contributed by atoms with Gasteiger partial charge in [-0.05, 0) is 19.4 Å². The molecule has 1 N–H and O–H groups in total. The lowest BCUT2D eigenvalue weighted by Gasteiger charge is -2.21. The molecule has 86 valence electrons. The minimum absolute atomic E-state index is 0.0548. The molecule has 0 fully saturated rings. The first kappa shape index (κ1) is 12.4. The number of aliphatic hydroxyl groups is 1. The maximum Gasteiger partial charge on any atom is 0.226 e. The quantitative estimate of drug-likeness (QED) is 0.797. The van der Waals surface area contributed by atoms with E-state index < -0.39 is 0 Å². The van der Waals surface area contributed by atoms with E-state index in [4.69, 9.17) is 10.4 Å². The molecule has 1 aromatic heterocycles. The molecule has 1 rings (SSSR count). The van der Waals surface area contributed by atoms with Crippen molar-refractivity contribution in [3.05, 3.63) is 17.5 Å². The van der Waals surface area contributed by atoms with Gasteiger partial charge in [0.25, 0.3) is 0 Å². The third-order valence-corrected chi connectivity index (χ3v) is 2.10. The Morgan fingerprint density at radius 3 is 2.75 bits per heavy atom. The lowest BCUT2D eigenvalue weighted by atomic mass is 10.3. The smallest absolute Gasteiger partial charge is 0.226 e. The number of nitrogens with zero attached hydrogens (tertiary/aromatic N) is 4. The number of nitriles is 1. The van der Waals surface area contributed by atoms with Crippen molar-refractivity contribution in [3.63, 3.8) is 0 Å². The molecule has 0 aliphatic carbocycles. The Kier molecular flexibility index (Phi) is 4.67. The van der Waals surface area contributed by atoms with Crippen LogP contribution in [0.2, 0.25) is 0 Å². The molecule has 16 heavy (non-hydrogen) atoms. The lowest BCUT2D eigenvalue weighted by molar-refractivity contribution is 0.301. The Morgan fingerprint density at radius 2 is 2.19 bits per heavy atom. The Hall–Kier alpha value is -1.67. The third kappa shape index (κ3) is 3.17. The second-order valence-corrected chi connectivity index (χ2v) is 3.52. The highest BCUT2D eigenvalue weighted by atomic mass is 16.3. The van der Waals surface area contributed by atoms with Crippen LogP contribution in [0.3, 0.4) is 0 Å². The van der Waals surface area contributed by atoms with Gasteiger partial charge >= 0.3 is 0 Å². The highest BCUT2D eigenvalue weighted by Crippen LogP contribution is 2.10. The van der Waals surface area contributed by atoms with Crippen LogP contribution < -0.4 is 4.90 Å². The van der Waals surface area contributed by atoms with Crippen LogP contribution in [-0.2, 0) is 0 Å². The van der Waals surface area contributed by atoms with Crippen LogP contribution in [0.1, 0.15) is 24.7 Å². The maximum atomic E-state index is 8.96. The minimum atomic E-state index is 0.0548. The summed E-state index contributed by atoms with van der Waals surface area (Å²) >= 11 is 0. The third-order valence-electron chi connectivity index (χ3n) is 2.10. The fraction of sp³-hybridized carbons (Fsp3) is 0.545. The van der Waals surface area contributed by atoms with Crippen LogP contribution in [0, 0.1) is 18.3 Å². The van der Waals surface area contributed by atoms with Crippen LogP contribution in [-0.4, -0.2) is 34.8 Å². The van der Waals surface area contributed by atoms with E-state index in [0.29, 0.717) is 18.2 Å². The molecule has 0 saturated carbocycles. The van der Waals surface area contributed by atoms with E-state index in [1.54, 1.807) is 6.07 Å². The zero-order valence-corrected chi connectivity index (χ0v) is 9.64. The SMILES string of the molecule is CCCN(CCO)c1nc(C)cc(C#N)n1. The van der Waals surface area contributed by atoms with Crippen molar-refractivity contribution in [2.75, 3.05) is 24.6 Å². The van der Waals surface area contributed by atoms with Gasteiger partial charge < -0.3 is 10.0 Å². The van der Waals surface area contributed by atoms with Gasteiger partial charge in [0, 0.05) is 18.8 Å². The largest absolute Gasteiger partial charge is 0.395 e. The Bertz CT molecular complexity index is 380. The molecule has 0 bridgehead atoms. The number of aryl methyl sites for hydroxylation is 1. The summed E-state index contributed by atoms with van der Waals surface area (Å²) in [6.07, 6.45) is 0.944. The fourth-order valence-electron chi connectivity index (χ4n) is 1.45. The molecule has 5 nitrogen and oxygen atoms in total. The van der Waals surface area contributed by atoms with Crippen LogP contribution in [0.4, 0.5) is 5.95 Å². The molecular weight excluding hydrogens is 204 g/mol. The van der Waals surface area contributed by atoms with Crippen molar-refractivity contribution in [3.8, 4) is 6.07 Å². The van der Waals surface area contributed by atoms with Crippen molar-refractivity contribution >= 4 is 5.95 Å². The molecular formula is C11H16N4O. The molecule has 5 heteroatoms. The minimum Gasteiger partial charge on any atom is -0.395 e. The molecule has 1 heterocycles. The number of anilines is 1. The van der Waals surface area contributed by atoms with Gasteiger partial charge in [0.05, 0.1) is 6.61 Å². The summed E-state index contributed by atoms with van der Waals surface area (Å²) in [5.41, 5.74) is 1.13. The monoisotopic (exact) mass is 220 g/mol. The summed E-state index contributed by atoms with van der Waals surface area (Å²) in [6.45, 7) is 5.19. The van der Waals surface area contributed by atoms with Crippen molar-refractivity contribution in [1.82, 2.24) is 9.97 Å². The van der Waals surface area contributed by atoms with Gasteiger partial charge in [0.15, 0.2) is 0 Å². The molecule has 0 aromatic carbocycles. The van der Waals surface area contributed by atoms with Crippen molar-refractivity contribution in [2.24, 2.45) is 0 Å².